The van der Waals surface area contributed by atoms with E-state index in [1.165, 1.54) is 0 Å². The Kier molecular flexibility index (Phi) is 12.5. The van der Waals surface area contributed by atoms with Crippen LogP contribution in [0.25, 0.3) is 0 Å². The average Bonchev–Trinajstić information content (AvgIpc) is 1.65. The van der Waals surface area contributed by atoms with Crippen molar-refractivity contribution in [2.75, 3.05) is 6.54 Å². The van der Waals surface area contributed by atoms with Crippen molar-refractivity contribution in [2.45, 2.75) is 0 Å². The van der Waals surface area contributed by atoms with E-state index in [1.54, 1.807) is 6.07 Å². The molecule has 0 saturated carbocycles. The lowest BCUT2D eigenvalue weighted by Gasteiger charge is -1.69. The first kappa shape index (κ1) is 10.4. The van der Waals surface area contributed by atoms with Crippen LogP contribution in [-0.4, -0.2) is 28.9 Å². The minimum atomic E-state index is -2.17. The lowest BCUT2D eigenvalue weighted by molar-refractivity contribution is 0.278. The molecule has 0 spiro atoms. The molecule has 0 rings (SSSR count). The van der Waals surface area contributed by atoms with Crippen LogP contribution >= 0.6 is 0 Å². The zero-order chi connectivity index (χ0) is 6.99. The Morgan fingerprint density at radius 1 is 1.50 bits per heavy atom. The van der Waals surface area contributed by atoms with Gasteiger partial charge in [0.05, 0.1) is 12.6 Å². The zero-order valence-electron chi connectivity index (χ0n) is 4.15. The van der Waals surface area contributed by atoms with Gasteiger partial charge in [0.15, 0.2) is 0 Å². The summed E-state index contributed by atoms with van der Waals surface area (Å²) in [5, 5.41) is 29.0. The monoisotopic (exact) mass is 118 g/mol. The number of nitrogens with two attached hydrogens (primary N) is 1. The molecule has 0 aromatic heterocycles. The van der Waals surface area contributed by atoms with Crippen LogP contribution in [0.15, 0.2) is 0 Å². The third kappa shape index (κ3) is 668. The number of hydrogen-bond acceptors (Lipinski definition) is 5. The highest BCUT2D eigenvalue weighted by Crippen LogP contribution is 1.40. The summed E-state index contributed by atoms with van der Waals surface area (Å²) in [4.78, 5) is 0. The van der Waals surface area contributed by atoms with Crippen molar-refractivity contribution in [3.63, 3.8) is 0 Å². The molecule has 0 aliphatic rings. The molecular formula is C2H7BN2O3. The highest BCUT2D eigenvalue weighted by molar-refractivity contribution is 6.30. The first-order valence-corrected chi connectivity index (χ1v) is 1.76. The van der Waals surface area contributed by atoms with Gasteiger partial charge >= 0.3 is 7.32 Å². The maximum Gasteiger partial charge on any atom is 0.631 e. The minimum absolute atomic E-state index is 0.125. The van der Waals surface area contributed by atoms with Crippen molar-refractivity contribution in [3.05, 3.63) is 0 Å². The molecule has 8 heavy (non-hydrogen) atoms. The molecule has 46 valence electrons. The number of rotatable bonds is 0. The summed E-state index contributed by atoms with van der Waals surface area (Å²) in [6, 6.07) is 1.71. The van der Waals surface area contributed by atoms with Crippen LogP contribution in [-0.2, 0) is 0 Å². The van der Waals surface area contributed by atoms with E-state index in [9.17, 15) is 0 Å². The summed E-state index contributed by atoms with van der Waals surface area (Å²) in [6.07, 6.45) is 0. The molecule has 6 heteroatoms. The summed E-state index contributed by atoms with van der Waals surface area (Å²) in [6.45, 7) is 0.125. The normalized spacial score (nSPS) is 5.88. The molecule has 0 fully saturated rings. The van der Waals surface area contributed by atoms with Crippen LogP contribution in [0.5, 0.6) is 0 Å². The fourth-order valence-electron chi connectivity index (χ4n) is 0. The Labute approximate surface area is 47.2 Å². The second kappa shape index (κ2) is 9.64. The summed E-state index contributed by atoms with van der Waals surface area (Å²) in [5.41, 5.74) is 4.67. The van der Waals surface area contributed by atoms with Crippen LogP contribution in [0.2, 0.25) is 0 Å². The fraction of sp³-hybridized carbons (Fsp3) is 0.500. The molecular weight excluding hydrogens is 111 g/mol. The van der Waals surface area contributed by atoms with Gasteiger partial charge in [0.25, 0.3) is 0 Å². The highest BCUT2D eigenvalue weighted by atomic mass is 16.5. The predicted molar refractivity (Wildman–Crippen MR) is 27.1 cm³/mol. The van der Waals surface area contributed by atoms with Gasteiger partial charge in [-0.15, -0.1) is 0 Å². The number of nitrogens with zero attached hydrogens (tertiary/aromatic N) is 1. The molecule has 0 aliphatic carbocycles. The van der Waals surface area contributed by atoms with Crippen LogP contribution in [0.1, 0.15) is 0 Å². The highest BCUT2D eigenvalue weighted by Gasteiger charge is 1.92. The van der Waals surface area contributed by atoms with E-state index < -0.39 is 7.32 Å². The van der Waals surface area contributed by atoms with Crippen LogP contribution in [0, 0.1) is 11.3 Å². The molecule has 0 heterocycles. The topological polar surface area (TPSA) is 111 Å². The molecule has 5 nitrogen and oxygen atoms in total. The molecule has 5 N–H and O–H groups in total. The van der Waals surface area contributed by atoms with E-state index in [2.05, 4.69) is 5.73 Å². The summed E-state index contributed by atoms with van der Waals surface area (Å²) < 4.78 is 0. The van der Waals surface area contributed by atoms with Gasteiger partial charge in [0.2, 0.25) is 0 Å². The molecule has 0 radical (unpaired) electrons. The van der Waals surface area contributed by atoms with Crippen molar-refractivity contribution in [1.29, 1.82) is 5.26 Å². The first-order valence-electron chi connectivity index (χ1n) is 1.76. The molecule has 0 amide bonds. The summed E-state index contributed by atoms with van der Waals surface area (Å²) in [7, 11) is -2.17. The number of hydrogen-bond donors (Lipinski definition) is 4. The van der Waals surface area contributed by atoms with Crippen molar-refractivity contribution in [2.24, 2.45) is 5.73 Å². The Morgan fingerprint density at radius 3 is 1.62 bits per heavy atom. The van der Waals surface area contributed by atoms with Crippen molar-refractivity contribution < 1.29 is 15.1 Å². The van der Waals surface area contributed by atoms with Gasteiger partial charge in [0, 0.05) is 0 Å². The van der Waals surface area contributed by atoms with E-state index in [0.717, 1.165) is 0 Å². The Bertz CT molecular complexity index is 67.4. The average molecular weight is 118 g/mol. The molecule has 0 atom stereocenters. The molecule has 0 bridgehead atoms. The van der Waals surface area contributed by atoms with E-state index in [0.29, 0.717) is 0 Å². The maximum absolute atomic E-state index is 7.50. The van der Waals surface area contributed by atoms with E-state index in [1.807, 2.05) is 0 Å². The summed E-state index contributed by atoms with van der Waals surface area (Å²) in [5.74, 6) is 0. The Morgan fingerprint density at radius 2 is 1.62 bits per heavy atom. The largest absolute Gasteiger partial charge is 0.631 e. The fourth-order valence-corrected chi connectivity index (χ4v) is 0. The predicted octanol–water partition coefficient (Wildman–Crippen LogP) is -2.58. The van der Waals surface area contributed by atoms with Gasteiger partial charge in [-0.1, -0.05) is 0 Å². The Hall–Kier alpha value is -0.605. The molecule has 0 unspecified atom stereocenters. The van der Waals surface area contributed by atoms with Gasteiger partial charge < -0.3 is 20.8 Å². The van der Waals surface area contributed by atoms with Gasteiger partial charge in [0.1, 0.15) is 0 Å². The van der Waals surface area contributed by atoms with Crippen LogP contribution in [0.4, 0.5) is 0 Å². The maximum atomic E-state index is 7.50. The standard InChI is InChI=1S/C2H4N2.BH3O3/c3-1-2-4;2-1(3)4/h1,3H2;2-4H. The third-order valence-corrected chi connectivity index (χ3v) is 0.0913. The van der Waals surface area contributed by atoms with Gasteiger partial charge in [-0.3, -0.25) is 0 Å². The van der Waals surface area contributed by atoms with E-state index in [4.69, 9.17) is 20.3 Å². The molecule has 0 aliphatic heterocycles. The quantitative estimate of drug-likeness (QED) is 0.206. The van der Waals surface area contributed by atoms with E-state index in [-0.39, 0.29) is 6.54 Å². The van der Waals surface area contributed by atoms with Gasteiger partial charge in [-0.05, 0) is 0 Å². The molecule has 0 aromatic rings. The van der Waals surface area contributed by atoms with Crippen LogP contribution < -0.4 is 5.73 Å². The van der Waals surface area contributed by atoms with Gasteiger partial charge in [-0.2, -0.15) is 5.26 Å². The first-order chi connectivity index (χ1) is 3.65. The second-order valence-corrected chi connectivity index (χ2v) is 0.709. The van der Waals surface area contributed by atoms with Crippen LogP contribution in [0.3, 0.4) is 0 Å². The lowest BCUT2D eigenvalue weighted by Crippen LogP contribution is -2.07. The smallest absolute Gasteiger partial charge is 0.402 e. The molecule has 0 saturated heterocycles. The zero-order valence-corrected chi connectivity index (χ0v) is 4.15. The SMILES string of the molecule is N#CCN.OB(O)O. The van der Waals surface area contributed by atoms with E-state index >= 15 is 0 Å². The summed E-state index contributed by atoms with van der Waals surface area (Å²) >= 11 is 0. The minimum Gasteiger partial charge on any atom is -0.402 e. The number of nitriles is 1. The lowest BCUT2D eigenvalue weighted by atomic mass is 10.3. The van der Waals surface area contributed by atoms with Crippen molar-refractivity contribution in [3.8, 4) is 6.07 Å². The Balaban J connectivity index is 0. The van der Waals surface area contributed by atoms with Crippen molar-refractivity contribution in [1.82, 2.24) is 0 Å². The molecule has 0 aromatic carbocycles. The second-order valence-electron chi connectivity index (χ2n) is 0.709. The van der Waals surface area contributed by atoms with Crippen molar-refractivity contribution >= 4 is 7.32 Å². The third-order valence-electron chi connectivity index (χ3n) is 0.0913. The van der Waals surface area contributed by atoms with Gasteiger partial charge in [-0.25, -0.2) is 0 Å².